The molecule has 6 nitrogen and oxygen atoms in total. The van der Waals surface area contributed by atoms with Crippen LogP contribution in [0.15, 0.2) is 24.3 Å². The van der Waals surface area contributed by atoms with Crippen LogP contribution in [0.2, 0.25) is 0 Å². The number of carbonyl (C=O) groups is 2. The highest BCUT2D eigenvalue weighted by Crippen LogP contribution is 2.30. The molecule has 0 bridgehead atoms. The van der Waals surface area contributed by atoms with E-state index in [4.69, 9.17) is 10.5 Å². The van der Waals surface area contributed by atoms with Gasteiger partial charge in [0, 0.05) is 6.54 Å². The molecule has 2 amide bonds. The van der Waals surface area contributed by atoms with Crippen molar-refractivity contribution in [1.29, 1.82) is 0 Å². The largest absolute Gasteiger partial charge is 0.465 e. The maximum atomic E-state index is 11.9. The molecule has 21 heavy (non-hydrogen) atoms. The minimum Gasteiger partial charge on any atom is -0.465 e. The Labute approximate surface area is 124 Å². The minimum atomic E-state index is -0.841. The summed E-state index contributed by atoms with van der Waals surface area (Å²) in [6.07, 6.45) is 1.85. The van der Waals surface area contributed by atoms with E-state index in [0.29, 0.717) is 0 Å². The maximum absolute atomic E-state index is 11.9. The molecule has 4 N–H and O–H groups in total. The fraction of sp³-hybridized carbons (Fsp3) is 0.467. The number of hydrogen-bond donors (Lipinski definition) is 3. The SMILES string of the molecule is CCOC(=O)[C@@H](N)CNC(=O)N[C@@H]1CCc2ccccc21. The summed E-state index contributed by atoms with van der Waals surface area (Å²) in [6.45, 7) is 2.04. The molecule has 0 aliphatic heterocycles. The van der Waals surface area contributed by atoms with Gasteiger partial charge < -0.3 is 21.1 Å². The number of aryl methyl sites for hydroxylation is 1. The molecule has 0 heterocycles. The van der Waals surface area contributed by atoms with Gasteiger partial charge in [0.2, 0.25) is 0 Å². The monoisotopic (exact) mass is 291 g/mol. The van der Waals surface area contributed by atoms with Crippen molar-refractivity contribution < 1.29 is 14.3 Å². The Morgan fingerprint density at radius 1 is 1.43 bits per heavy atom. The molecule has 114 valence electrons. The number of benzene rings is 1. The average Bonchev–Trinajstić information content (AvgIpc) is 2.88. The van der Waals surface area contributed by atoms with Crippen molar-refractivity contribution in [3.05, 3.63) is 35.4 Å². The molecular weight excluding hydrogens is 270 g/mol. The van der Waals surface area contributed by atoms with Crippen molar-refractivity contribution in [2.24, 2.45) is 5.73 Å². The van der Waals surface area contributed by atoms with Crippen LogP contribution in [0.3, 0.4) is 0 Å². The number of urea groups is 1. The molecule has 2 rings (SSSR count). The van der Waals surface area contributed by atoms with Gasteiger partial charge in [-0.25, -0.2) is 4.79 Å². The Bertz CT molecular complexity index is 519. The Morgan fingerprint density at radius 2 is 2.19 bits per heavy atom. The van der Waals surface area contributed by atoms with Crippen LogP contribution in [0, 0.1) is 0 Å². The molecular formula is C15H21N3O3. The van der Waals surface area contributed by atoms with E-state index in [1.807, 2.05) is 18.2 Å². The quantitative estimate of drug-likeness (QED) is 0.702. The van der Waals surface area contributed by atoms with Gasteiger partial charge in [0.25, 0.3) is 0 Å². The van der Waals surface area contributed by atoms with Crippen LogP contribution in [-0.2, 0) is 16.0 Å². The number of nitrogens with two attached hydrogens (primary N) is 1. The van der Waals surface area contributed by atoms with Crippen LogP contribution in [0.25, 0.3) is 0 Å². The zero-order chi connectivity index (χ0) is 15.2. The second-order valence-electron chi connectivity index (χ2n) is 5.00. The van der Waals surface area contributed by atoms with Gasteiger partial charge >= 0.3 is 12.0 Å². The van der Waals surface area contributed by atoms with E-state index >= 15 is 0 Å². The van der Waals surface area contributed by atoms with Gasteiger partial charge in [-0.2, -0.15) is 0 Å². The fourth-order valence-electron chi connectivity index (χ4n) is 2.45. The topological polar surface area (TPSA) is 93.4 Å². The molecule has 0 saturated carbocycles. The van der Waals surface area contributed by atoms with Crippen molar-refractivity contribution in [2.45, 2.75) is 31.8 Å². The highest BCUT2D eigenvalue weighted by molar-refractivity contribution is 5.78. The predicted molar refractivity (Wildman–Crippen MR) is 78.6 cm³/mol. The lowest BCUT2D eigenvalue weighted by atomic mass is 10.1. The van der Waals surface area contributed by atoms with Crippen LogP contribution in [-0.4, -0.2) is 31.2 Å². The number of rotatable bonds is 5. The molecule has 0 aromatic heterocycles. The molecule has 6 heteroatoms. The van der Waals surface area contributed by atoms with Gasteiger partial charge in [-0.1, -0.05) is 24.3 Å². The number of hydrogen-bond acceptors (Lipinski definition) is 4. The second-order valence-corrected chi connectivity index (χ2v) is 5.00. The molecule has 2 atom stereocenters. The summed E-state index contributed by atoms with van der Waals surface area (Å²) in [5.41, 5.74) is 8.04. The molecule has 0 saturated heterocycles. The average molecular weight is 291 g/mol. The molecule has 0 fully saturated rings. The maximum Gasteiger partial charge on any atom is 0.324 e. The summed E-state index contributed by atoms with van der Waals surface area (Å²) in [4.78, 5) is 23.2. The number of ether oxygens (including phenoxy) is 1. The summed E-state index contributed by atoms with van der Waals surface area (Å²) >= 11 is 0. The number of esters is 1. The third kappa shape index (κ3) is 3.95. The van der Waals surface area contributed by atoms with Crippen molar-refractivity contribution in [3.8, 4) is 0 Å². The van der Waals surface area contributed by atoms with Gasteiger partial charge in [0.15, 0.2) is 0 Å². The second kappa shape index (κ2) is 7.08. The summed E-state index contributed by atoms with van der Waals surface area (Å²) < 4.78 is 4.78. The van der Waals surface area contributed by atoms with Gasteiger partial charge in [-0.05, 0) is 30.9 Å². The Morgan fingerprint density at radius 3 is 2.95 bits per heavy atom. The lowest BCUT2D eigenvalue weighted by molar-refractivity contribution is -0.144. The molecule has 1 aromatic rings. The van der Waals surface area contributed by atoms with Crippen molar-refractivity contribution in [3.63, 3.8) is 0 Å². The van der Waals surface area contributed by atoms with E-state index < -0.39 is 12.0 Å². The first kappa shape index (κ1) is 15.3. The lowest BCUT2D eigenvalue weighted by Crippen LogP contribution is -2.47. The lowest BCUT2D eigenvalue weighted by Gasteiger charge is -2.16. The van der Waals surface area contributed by atoms with Gasteiger partial charge in [0.05, 0.1) is 12.6 Å². The van der Waals surface area contributed by atoms with Gasteiger partial charge in [-0.3, -0.25) is 4.79 Å². The van der Waals surface area contributed by atoms with E-state index in [2.05, 4.69) is 16.7 Å². The van der Waals surface area contributed by atoms with Crippen LogP contribution in [0.1, 0.15) is 30.5 Å². The standard InChI is InChI=1S/C15H21N3O3/c1-2-21-14(19)12(16)9-17-15(20)18-13-8-7-10-5-3-4-6-11(10)13/h3-6,12-13H,2,7-9,16H2,1H3,(H2,17,18,20)/t12-,13+/m0/s1. The highest BCUT2D eigenvalue weighted by Gasteiger charge is 2.23. The Hall–Kier alpha value is -2.08. The molecule has 1 aliphatic rings. The fourth-order valence-corrected chi connectivity index (χ4v) is 2.45. The van der Waals surface area contributed by atoms with Gasteiger partial charge in [-0.15, -0.1) is 0 Å². The zero-order valence-corrected chi connectivity index (χ0v) is 12.1. The Kier molecular flexibility index (Phi) is 5.16. The molecule has 1 aliphatic carbocycles. The number of nitrogens with one attached hydrogen (secondary N) is 2. The first-order valence-electron chi connectivity index (χ1n) is 7.16. The van der Waals surface area contributed by atoms with E-state index in [1.165, 1.54) is 5.56 Å². The molecule has 1 aromatic carbocycles. The summed E-state index contributed by atoms with van der Waals surface area (Å²) in [6, 6.07) is 6.92. The summed E-state index contributed by atoms with van der Waals surface area (Å²) in [5, 5.41) is 5.51. The smallest absolute Gasteiger partial charge is 0.324 e. The normalized spacial score (nSPS) is 17.7. The van der Waals surface area contributed by atoms with Crippen molar-refractivity contribution in [1.82, 2.24) is 10.6 Å². The molecule has 0 spiro atoms. The number of fused-ring (bicyclic) bond motifs is 1. The van der Waals surface area contributed by atoms with Crippen LogP contribution >= 0.6 is 0 Å². The van der Waals surface area contributed by atoms with Gasteiger partial charge in [0.1, 0.15) is 6.04 Å². The highest BCUT2D eigenvalue weighted by atomic mass is 16.5. The van der Waals surface area contributed by atoms with Crippen LogP contribution in [0.5, 0.6) is 0 Å². The number of carbonyl (C=O) groups excluding carboxylic acids is 2. The van der Waals surface area contributed by atoms with E-state index in [-0.39, 0.29) is 25.2 Å². The number of amides is 2. The summed E-state index contributed by atoms with van der Waals surface area (Å²) in [7, 11) is 0. The van der Waals surface area contributed by atoms with Crippen molar-refractivity contribution in [2.75, 3.05) is 13.2 Å². The minimum absolute atomic E-state index is 0.0139. The summed E-state index contributed by atoms with van der Waals surface area (Å²) in [5.74, 6) is -0.510. The third-order valence-corrected chi connectivity index (χ3v) is 3.51. The molecule has 0 radical (unpaired) electrons. The van der Waals surface area contributed by atoms with E-state index in [1.54, 1.807) is 6.92 Å². The van der Waals surface area contributed by atoms with Crippen LogP contribution < -0.4 is 16.4 Å². The van der Waals surface area contributed by atoms with E-state index in [0.717, 1.165) is 18.4 Å². The first-order valence-corrected chi connectivity index (χ1v) is 7.16. The van der Waals surface area contributed by atoms with Crippen molar-refractivity contribution >= 4 is 12.0 Å². The predicted octanol–water partition coefficient (Wildman–Crippen LogP) is 0.864. The van der Waals surface area contributed by atoms with E-state index in [9.17, 15) is 9.59 Å². The first-order chi connectivity index (χ1) is 10.1. The zero-order valence-electron chi connectivity index (χ0n) is 12.1. The third-order valence-electron chi connectivity index (χ3n) is 3.51. The Balaban J connectivity index is 1.80. The van der Waals surface area contributed by atoms with Crippen LogP contribution in [0.4, 0.5) is 4.79 Å². The molecule has 0 unspecified atom stereocenters.